The van der Waals surface area contributed by atoms with E-state index in [2.05, 4.69) is 22.8 Å². The highest BCUT2D eigenvalue weighted by atomic mass is 16.6. The maximum absolute atomic E-state index is 12.4. The first-order valence-electron chi connectivity index (χ1n) is 9.51. The van der Waals surface area contributed by atoms with Crippen LogP contribution in [0.2, 0.25) is 0 Å². The van der Waals surface area contributed by atoms with E-state index >= 15 is 0 Å². The molecule has 2 N–H and O–H groups in total. The molecule has 3 atom stereocenters. The van der Waals surface area contributed by atoms with E-state index < -0.39 is 11.7 Å². The van der Waals surface area contributed by atoms with Crippen molar-refractivity contribution in [3.8, 4) is 0 Å². The van der Waals surface area contributed by atoms with Crippen molar-refractivity contribution in [2.24, 2.45) is 17.8 Å². The molecule has 0 aromatic carbocycles. The molecule has 3 unspecified atom stereocenters. The second kappa shape index (κ2) is 7.26. The molecule has 3 aliphatic rings. The Morgan fingerprint density at radius 1 is 1.20 bits per heavy atom. The van der Waals surface area contributed by atoms with Gasteiger partial charge in [-0.15, -0.1) is 0 Å². The van der Waals surface area contributed by atoms with Crippen molar-refractivity contribution in [1.29, 1.82) is 0 Å². The normalized spacial score (nSPS) is 28.9. The maximum Gasteiger partial charge on any atom is 0.407 e. The van der Waals surface area contributed by atoms with E-state index in [0.29, 0.717) is 31.5 Å². The molecule has 25 heavy (non-hydrogen) atoms. The minimum atomic E-state index is -0.485. The predicted octanol–water partition coefficient (Wildman–Crippen LogP) is 2.90. The Hall–Kier alpha value is -1.72. The summed E-state index contributed by atoms with van der Waals surface area (Å²) in [6, 6.07) is 0.204. The summed E-state index contributed by atoms with van der Waals surface area (Å²) in [5.74, 6) is 1.62. The smallest absolute Gasteiger partial charge is 0.407 e. The third kappa shape index (κ3) is 4.89. The van der Waals surface area contributed by atoms with Crippen LogP contribution in [0.15, 0.2) is 12.2 Å². The molecule has 6 heteroatoms. The molecule has 6 nitrogen and oxygen atoms in total. The van der Waals surface area contributed by atoms with Crippen LogP contribution < -0.4 is 10.6 Å². The molecule has 3 rings (SSSR count). The number of allylic oxidation sites excluding steroid dienone is 1. The van der Waals surface area contributed by atoms with Crippen LogP contribution in [0.1, 0.15) is 46.5 Å². The van der Waals surface area contributed by atoms with Crippen LogP contribution in [-0.2, 0) is 4.74 Å². The number of hydrogen-bond acceptors (Lipinski definition) is 3. The van der Waals surface area contributed by atoms with Crippen molar-refractivity contribution in [2.75, 3.05) is 19.6 Å². The minimum absolute atomic E-state index is 0.0205. The van der Waals surface area contributed by atoms with Gasteiger partial charge in [-0.1, -0.05) is 18.6 Å². The highest BCUT2D eigenvalue weighted by Gasteiger charge is 2.35. The molecule has 1 aliphatic heterocycles. The van der Waals surface area contributed by atoms with Crippen LogP contribution in [0.5, 0.6) is 0 Å². The lowest BCUT2D eigenvalue weighted by Crippen LogP contribution is -2.58. The Morgan fingerprint density at radius 3 is 2.68 bits per heavy atom. The Balaban J connectivity index is 1.36. The summed E-state index contributed by atoms with van der Waals surface area (Å²) < 4.78 is 5.22. The van der Waals surface area contributed by atoms with Crippen LogP contribution in [0.3, 0.4) is 0 Å². The first kappa shape index (κ1) is 18.1. The number of likely N-dealkylation sites (tertiary alicyclic amines) is 1. The Morgan fingerprint density at radius 2 is 1.96 bits per heavy atom. The van der Waals surface area contributed by atoms with Crippen LogP contribution >= 0.6 is 0 Å². The van der Waals surface area contributed by atoms with Gasteiger partial charge in [0.15, 0.2) is 0 Å². The number of amides is 3. The lowest BCUT2D eigenvalue weighted by molar-refractivity contribution is 0.0489. The second-order valence-electron chi connectivity index (χ2n) is 8.70. The molecule has 2 fully saturated rings. The fraction of sp³-hybridized carbons (Fsp3) is 0.789. The third-order valence-electron chi connectivity index (χ3n) is 5.32. The fourth-order valence-corrected chi connectivity index (χ4v) is 4.01. The summed E-state index contributed by atoms with van der Waals surface area (Å²) in [6.45, 7) is 7.45. The van der Waals surface area contributed by atoms with Crippen molar-refractivity contribution in [3.05, 3.63) is 12.2 Å². The van der Waals surface area contributed by atoms with Crippen LogP contribution in [-0.4, -0.2) is 48.3 Å². The van der Waals surface area contributed by atoms with E-state index in [1.54, 1.807) is 0 Å². The average Bonchev–Trinajstić information content (AvgIpc) is 2.47. The first-order chi connectivity index (χ1) is 11.8. The highest BCUT2D eigenvalue weighted by Crippen LogP contribution is 2.36. The number of urea groups is 1. The molecule has 0 aromatic heterocycles. The van der Waals surface area contributed by atoms with Crippen molar-refractivity contribution in [1.82, 2.24) is 15.5 Å². The monoisotopic (exact) mass is 349 g/mol. The number of carbonyl (C=O) groups is 2. The van der Waals surface area contributed by atoms with E-state index in [-0.39, 0.29) is 12.1 Å². The van der Waals surface area contributed by atoms with Crippen molar-refractivity contribution in [3.63, 3.8) is 0 Å². The van der Waals surface area contributed by atoms with Gasteiger partial charge in [0.2, 0.25) is 0 Å². The van der Waals surface area contributed by atoms with Gasteiger partial charge in [0.1, 0.15) is 5.60 Å². The lowest BCUT2D eigenvalue weighted by Gasteiger charge is -2.42. The van der Waals surface area contributed by atoms with Gasteiger partial charge in [-0.2, -0.15) is 0 Å². The molecule has 140 valence electrons. The maximum atomic E-state index is 12.4. The van der Waals surface area contributed by atoms with Gasteiger partial charge in [-0.3, -0.25) is 0 Å². The SMILES string of the molecule is CC(C)(C)OC(=O)NCC1CN(C(=O)NC2C=CC3CCCC2C3)C1. The van der Waals surface area contributed by atoms with Gasteiger partial charge in [0.05, 0.1) is 6.04 Å². The summed E-state index contributed by atoms with van der Waals surface area (Å²) >= 11 is 0. The minimum Gasteiger partial charge on any atom is -0.444 e. The second-order valence-corrected chi connectivity index (χ2v) is 8.70. The van der Waals surface area contributed by atoms with Crippen molar-refractivity contribution < 1.29 is 14.3 Å². The van der Waals surface area contributed by atoms with Crippen molar-refractivity contribution >= 4 is 12.1 Å². The van der Waals surface area contributed by atoms with E-state index in [4.69, 9.17) is 4.74 Å². The molecule has 2 aliphatic carbocycles. The zero-order chi connectivity index (χ0) is 18.0. The summed E-state index contributed by atoms with van der Waals surface area (Å²) in [5, 5.41) is 5.96. The molecule has 1 heterocycles. The van der Waals surface area contributed by atoms with Gasteiger partial charge < -0.3 is 20.3 Å². The zero-order valence-corrected chi connectivity index (χ0v) is 15.6. The van der Waals surface area contributed by atoms with Gasteiger partial charge in [-0.05, 0) is 51.9 Å². The number of hydrogen-bond donors (Lipinski definition) is 2. The molecular formula is C19H31N3O3. The number of nitrogens with one attached hydrogen (secondary N) is 2. The summed E-state index contributed by atoms with van der Waals surface area (Å²) in [7, 11) is 0. The molecule has 0 spiro atoms. The number of ether oxygens (including phenoxy) is 1. The average molecular weight is 349 g/mol. The predicted molar refractivity (Wildman–Crippen MR) is 96.2 cm³/mol. The van der Waals surface area contributed by atoms with Crippen LogP contribution in [0.25, 0.3) is 0 Å². The van der Waals surface area contributed by atoms with Gasteiger partial charge in [0, 0.05) is 25.6 Å². The topological polar surface area (TPSA) is 70.7 Å². The van der Waals surface area contributed by atoms with E-state index in [9.17, 15) is 9.59 Å². The summed E-state index contributed by atoms with van der Waals surface area (Å²) in [6.07, 6.45) is 9.08. The number of nitrogens with zero attached hydrogens (tertiary/aromatic N) is 1. The van der Waals surface area contributed by atoms with Crippen LogP contribution in [0.4, 0.5) is 9.59 Å². The van der Waals surface area contributed by atoms with Gasteiger partial charge >= 0.3 is 12.1 Å². The number of alkyl carbamates (subject to hydrolysis) is 1. The lowest BCUT2D eigenvalue weighted by atomic mass is 9.74. The molecule has 1 saturated heterocycles. The van der Waals surface area contributed by atoms with E-state index in [1.165, 1.54) is 25.7 Å². The molecule has 2 bridgehead atoms. The quantitative estimate of drug-likeness (QED) is 0.770. The first-order valence-corrected chi connectivity index (χ1v) is 9.51. The number of rotatable bonds is 3. The van der Waals surface area contributed by atoms with E-state index in [1.807, 2.05) is 25.7 Å². The van der Waals surface area contributed by atoms with Crippen molar-refractivity contribution in [2.45, 2.75) is 58.1 Å². The molecule has 0 radical (unpaired) electrons. The summed E-state index contributed by atoms with van der Waals surface area (Å²) in [4.78, 5) is 25.9. The molecule has 1 saturated carbocycles. The third-order valence-corrected chi connectivity index (χ3v) is 5.32. The molecular weight excluding hydrogens is 318 g/mol. The fourth-order valence-electron chi connectivity index (χ4n) is 4.01. The van der Waals surface area contributed by atoms with Crippen LogP contribution in [0, 0.1) is 17.8 Å². The Labute approximate surface area is 150 Å². The Bertz CT molecular complexity index is 535. The number of fused-ring (bicyclic) bond motifs is 2. The standard InChI is InChI=1S/C19H31N3O3/c1-19(2,3)25-18(24)20-10-14-11-22(12-14)17(23)21-16-8-7-13-5-4-6-15(16)9-13/h7-8,13-16H,4-6,9-12H2,1-3H3,(H,20,24)(H,21,23). The summed E-state index contributed by atoms with van der Waals surface area (Å²) in [5.41, 5.74) is -0.485. The van der Waals surface area contributed by atoms with Gasteiger partial charge in [0.25, 0.3) is 0 Å². The Kier molecular flexibility index (Phi) is 5.25. The molecule has 3 amide bonds. The highest BCUT2D eigenvalue weighted by molar-refractivity contribution is 5.75. The zero-order valence-electron chi connectivity index (χ0n) is 15.6. The van der Waals surface area contributed by atoms with Gasteiger partial charge in [-0.25, -0.2) is 9.59 Å². The van der Waals surface area contributed by atoms with E-state index in [0.717, 1.165) is 5.92 Å². The molecule has 0 aromatic rings. The number of carbonyl (C=O) groups excluding carboxylic acids is 2. The largest absolute Gasteiger partial charge is 0.444 e.